The van der Waals surface area contributed by atoms with Crippen LogP contribution in [0.1, 0.15) is 28.1 Å². The van der Waals surface area contributed by atoms with E-state index in [0.29, 0.717) is 17.2 Å². The Morgan fingerprint density at radius 1 is 1.30 bits per heavy atom. The summed E-state index contributed by atoms with van der Waals surface area (Å²) in [5, 5.41) is 0. The number of hydrogen-bond donors (Lipinski definition) is 0. The van der Waals surface area contributed by atoms with Crippen molar-refractivity contribution in [3.8, 4) is 0 Å². The van der Waals surface area contributed by atoms with E-state index in [4.69, 9.17) is 9.15 Å². The number of ether oxygens (including phenoxy) is 1. The van der Waals surface area contributed by atoms with E-state index in [2.05, 4.69) is 24.3 Å². The Balaban J connectivity index is 1.73. The molecule has 0 N–H and O–H groups in total. The van der Waals surface area contributed by atoms with E-state index >= 15 is 0 Å². The summed E-state index contributed by atoms with van der Waals surface area (Å²) in [4.78, 5) is 14.6. The maximum absolute atomic E-state index is 12.7. The van der Waals surface area contributed by atoms with Crippen LogP contribution in [0.2, 0.25) is 0 Å². The molecule has 1 saturated heterocycles. The molecule has 1 aromatic carbocycles. The van der Waals surface area contributed by atoms with Gasteiger partial charge < -0.3 is 14.1 Å². The van der Waals surface area contributed by atoms with E-state index in [1.54, 1.807) is 19.4 Å². The lowest BCUT2D eigenvalue weighted by atomic mass is 9.88. The van der Waals surface area contributed by atoms with Crippen molar-refractivity contribution >= 4 is 5.91 Å². The van der Waals surface area contributed by atoms with E-state index < -0.39 is 0 Å². The van der Waals surface area contributed by atoms with Crippen LogP contribution in [0.25, 0.3) is 0 Å². The molecule has 2 atom stereocenters. The highest BCUT2D eigenvalue weighted by molar-refractivity contribution is 5.95. The average Bonchev–Trinajstić information content (AvgIpc) is 3.01. The van der Waals surface area contributed by atoms with Gasteiger partial charge in [-0.2, -0.15) is 0 Å². The minimum atomic E-state index is 0.0591. The molecule has 1 aliphatic heterocycles. The largest absolute Gasteiger partial charge is 0.469 e. The SMILES string of the molecule is CO[C@@H]1CCN(C(=O)c2ccoc2C)C[C@H]1Cc1ccccc1. The van der Waals surface area contributed by atoms with Gasteiger partial charge in [0.1, 0.15) is 5.76 Å². The summed E-state index contributed by atoms with van der Waals surface area (Å²) in [5.41, 5.74) is 1.95. The number of nitrogens with zero attached hydrogens (tertiary/aromatic N) is 1. The van der Waals surface area contributed by atoms with E-state index in [-0.39, 0.29) is 12.0 Å². The van der Waals surface area contributed by atoms with E-state index in [9.17, 15) is 4.79 Å². The van der Waals surface area contributed by atoms with Crippen LogP contribution >= 0.6 is 0 Å². The fourth-order valence-electron chi connectivity index (χ4n) is 3.40. The van der Waals surface area contributed by atoms with Crippen molar-refractivity contribution in [1.82, 2.24) is 4.90 Å². The van der Waals surface area contributed by atoms with Gasteiger partial charge in [0.25, 0.3) is 5.91 Å². The smallest absolute Gasteiger partial charge is 0.257 e. The van der Waals surface area contributed by atoms with E-state index in [0.717, 1.165) is 25.9 Å². The first-order valence-corrected chi connectivity index (χ1v) is 8.09. The van der Waals surface area contributed by atoms with Crippen molar-refractivity contribution < 1.29 is 13.9 Å². The number of amides is 1. The molecule has 122 valence electrons. The highest BCUT2D eigenvalue weighted by atomic mass is 16.5. The molecular weight excluding hydrogens is 290 g/mol. The lowest BCUT2D eigenvalue weighted by Crippen LogP contribution is -2.47. The molecule has 1 aliphatic rings. The lowest BCUT2D eigenvalue weighted by Gasteiger charge is -2.38. The highest BCUT2D eigenvalue weighted by Crippen LogP contribution is 2.25. The zero-order chi connectivity index (χ0) is 16.2. The fraction of sp³-hybridized carbons (Fsp3) is 0.421. The van der Waals surface area contributed by atoms with Crippen LogP contribution in [0.15, 0.2) is 47.1 Å². The van der Waals surface area contributed by atoms with Crippen molar-refractivity contribution in [3.63, 3.8) is 0 Å². The Labute approximate surface area is 137 Å². The number of methoxy groups -OCH3 is 1. The van der Waals surface area contributed by atoms with E-state index in [1.165, 1.54) is 5.56 Å². The second-order valence-electron chi connectivity index (χ2n) is 6.15. The van der Waals surface area contributed by atoms with Crippen LogP contribution in [-0.4, -0.2) is 37.1 Å². The maximum atomic E-state index is 12.7. The number of aryl methyl sites for hydroxylation is 1. The van der Waals surface area contributed by atoms with Crippen LogP contribution in [0, 0.1) is 12.8 Å². The van der Waals surface area contributed by atoms with Crippen LogP contribution in [0.4, 0.5) is 0 Å². The van der Waals surface area contributed by atoms with Crippen LogP contribution in [0.5, 0.6) is 0 Å². The first-order chi connectivity index (χ1) is 11.2. The van der Waals surface area contributed by atoms with Gasteiger partial charge in [-0.3, -0.25) is 4.79 Å². The Morgan fingerprint density at radius 2 is 2.09 bits per heavy atom. The Morgan fingerprint density at radius 3 is 2.74 bits per heavy atom. The highest BCUT2D eigenvalue weighted by Gasteiger charge is 2.32. The van der Waals surface area contributed by atoms with Gasteiger partial charge in [-0.1, -0.05) is 30.3 Å². The maximum Gasteiger partial charge on any atom is 0.257 e. The van der Waals surface area contributed by atoms with Crippen molar-refractivity contribution in [2.75, 3.05) is 20.2 Å². The fourth-order valence-corrected chi connectivity index (χ4v) is 3.40. The number of benzene rings is 1. The van der Waals surface area contributed by atoms with Gasteiger partial charge in [0.15, 0.2) is 0 Å². The van der Waals surface area contributed by atoms with Gasteiger partial charge in [-0.15, -0.1) is 0 Å². The predicted molar refractivity (Wildman–Crippen MR) is 88.4 cm³/mol. The molecule has 0 saturated carbocycles. The summed E-state index contributed by atoms with van der Waals surface area (Å²) in [5.74, 6) is 1.06. The normalized spacial score (nSPS) is 21.4. The monoisotopic (exact) mass is 313 g/mol. The Kier molecular flexibility index (Phi) is 4.82. The topological polar surface area (TPSA) is 42.7 Å². The van der Waals surface area contributed by atoms with Crippen LogP contribution < -0.4 is 0 Å². The molecule has 0 radical (unpaired) electrons. The minimum absolute atomic E-state index is 0.0591. The third-order valence-electron chi connectivity index (χ3n) is 4.68. The third kappa shape index (κ3) is 3.48. The summed E-state index contributed by atoms with van der Waals surface area (Å²) < 4.78 is 10.9. The molecule has 0 unspecified atom stereocenters. The summed E-state index contributed by atoms with van der Waals surface area (Å²) in [6.45, 7) is 3.28. The van der Waals surface area contributed by atoms with Gasteiger partial charge in [-0.25, -0.2) is 0 Å². The van der Waals surface area contributed by atoms with Gasteiger partial charge in [0, 0.05) is 26.1 Å². The number of likely N-dealkylation sites (tertiary alicyclic amines) is 1. The molecule has 3 rings (SSSR count). The Hall–Kier alpha value is -2.07. The Bertz CT molecular complexity index is 650. The summed E-state index contributed by atoms with van der Waals surface area (Å²) >= 11 is 0. The predicted octanol–water partition coefficient (Wildman–Crippen LogP) is 3.31. The molecular formula is C19H23NO3. The first kappa shape index (κ1) is 15.8. The molecule has 4 nitrogen and oxygen atoms in total. The van der Waals surface area contributed by atoms with Crippen LogP contribution in [0.3, 0.4) is 0 Å². The summed E-state index contributed by atoms with van der Waals surface area (Å²) in [6.07, 6.45) is 3.57. The number of carbonyl (C=O) groups is 1. The molecule has 1 fully saturated rings. The number of rotatable bonds is 4. The molecule has 4 heteroatoms. The molecule has 0 aliphatic carbocycles. The van der Waals surface area contributed by atoms with Gasteiger partial charge in [0.2, 0.25) is 0 Å². The zero-order valence-electron chi connectivity index (χ0n) is 13.7. The molecule has 1 amide bonds. The quantitative estimate of drug-likeness (QED) is 0.870. The molecule has 1 aromatic heterocycles. The average molecular weight is 313 g/mol. The number of carbonyl (C=O) groups excluding carboxylic acids is 1. The molecule has 23 heavy (non-hydrogen) atoms. The van der Waals surface area contributed by atoms with Gasteiger partial charge in [0.05, 0.1) is 17.9 Å². The second-order valence-corrected chi connectivity index (χ2v) is 6.15. The molecule has 2 aromatic rings. The van der Waals surface area contributed by atoms with Gasteiger partial charge in [-0.05, 0) is 31.4 Å². The lowest BCUT2D eigenvalue weighted by molar-refractivity contribution is -0.00303. The zero-order valence-corrected chi connectivity index (χ0v) is 13.7. The third-order valence-corrected chi connectivity index (χ3v) is 4.68. The molecule has 0 spiro atoms. The molecule has 0 bridgehead atoms. The summed E-state index contributed by atoms with van der Waals surface area (Å²) in [7, 11) is 1.76. The van der Waals surface area contributed by atoms with Crippen molar-refractivity contribution in [2.45, 2.75) is 25.9 Å². The van der Waals surface area contributed by atoms with Gasteiger partial charge >= 0.3 is 0 Å². The standard InChI is InChI=1S/C19H23NO3/c1-14-17(9-11-23-14)19(21)20-10-8-18(22-2)16(13-20)12-15-6-4-3-5-7-15/h3-7,9,11,16,18H,8,10,12-13H2,1-2H3/t16-,18-/m1/s1. The minimum Gasteiger partial charge on any atom is -0.469 e. The van der Waals surface area contributed by atoms with Crippen molar-refractivity contribution in [3.05, 3.63) is 59.5 Å². The second kappa shape index (κ2) is 7.01. The number of hydrogen-bond acceptors (Lipinski definition) is 3. The van der Waals surface area contributed by atoms with Crippen molar-refractivity contribution in [1.29, 1.82) is 0 Å². The van der Waals surface area contributed by atoms with Crippen molar-refractivity contribution in [2.24, 2.45) is 5.92 Å². The van der Waals surface area contributed by atoms with Crippen LogP contribution in [-0.2, 0) is 11.2 Å². The first-order valence-electron chi connectivity index (χ1n) is 8.09. The van der Waals surface area contributed by atoms with E-state index in [1.807, 2.05) is 17.9 Å². The summed E-state index contributed by atoms with van der Waals surface area (Å²) in [6, 6.07) is 12.2. The molecule has 2 heterocycles. The number of furan rings is 1. The number of piperidine rings is 1.